The Labute approximate surface area is 102 Å². The highest BCUT2D eigenvalue weighted by molar-refractivity contribution is 5.27. The van der Waals surface area contributed by atoms with Crippen LogP contribution < -0.4 is 5.32 Å². The van der Waals surface area contributed by atoms with Crippen LogP contribution in [0, 0.1) is 0 Å². The number of methoxy groups -OCH3 is 1. The molecule has 1 heterocycles. The van der Waals surface area contributed by atoms with E-state index >= 15 is 0 Å². The van der Waals surface area contributed by atoms with Gasteiger partial charge in [-0.1, -0.05) is 6.07 Å². The number of rotatable bonds is 6. The lowest BCUT2D eigenvalue weighted by Gasteiger charge is -2.21. The van der Waals surface area contributed by atoms with Crippen molar-refractivity contribution < 1.29 is 9.84 Å². The van der Waals surface area contributed by atoms with E-state index in [1.54, 1.807) is 7.11 Å². The van der Waals surface area contributed by atoms with Crippen LogP contribution in [0.5, 0.6) is 0 Å². The predicted molar refractivity (Wildman–Crippen MR) is 65.8 cm³/mol. The van der Waals surface area contributed by atoms with Crippen LogP contribution in [0.3, 0.4) is 0 Å². The number of pyridine rings is 1. The summed E-state index contributed by atoms with van der Waals surface area (Å²) < 4.78 is 5.16. The molecule has 0 amide bonds. The van der Waals surface area contributed by atoms with Crippen LogP contribution in [0.2, 0.25) is 0 Å². The number of aliphatic hydroxyl groups is 1. The minimum absolute atomic E-state index is 0.183. The third-order valence-corrected chi connectivity index (χ3v) is 3.24. The van der Waals surface area contributed by atoms with E-state index in [1.165, 1.54) is 5.56 Å². The fourth-order valence-corrected chi connectivity index (χ4v) is 2.43. The van der Waals surface area contributed by atoms with Crippen LogP contribution in [0.15, 0.2) is 18.3 Å². The van der Waals surface area contributed by atoms with Gasteiger partial charge in [0.15, 0.2) is 0 Å². The first kappa shape index (κ1) is 12.5. The van der Waals surface area contributed by atoms with E-state index < -0.39 is 0 Å². The molecule has 4 heteroatoms. The number of aryl methyl sites for hydroxylation is 1. The summed E-state index contributed by atoms with van der Waals surface area (Å²) in [6.07, 6.45) is 4.72. The molecule has 2 atom stereocenters. The topological polar surface area (TPSA) is 54.4 Å². The molecule has 2 N–H and O–H groups in total. The van der Waals surface area contributed by atoms with Crippen LogP contribution in [-0.2, 0) is 11.2 Å². The van der Waals surface area contributed by atoms with Gasteiger partial charge in [-0.3, -0.25) is 4.98 Å². The van der Waals surface area contributed by atoms with Gasteiger partial charge in [0.05, 0.1) is 18.3 Å². The monoisotopic (exact) mass is 236 g/mol. The highest BCUT2D eigenvalue weighted by Gasteiger charge is 2.25. The van der Waals surface area contributed by atoms with E-state index in [0.717, 1.165) is 18.5 Å². The van der Waals surface area contributed by atoms with Gasteiger partial charge in [0.1, 0.15) is 0 Å². The Bertz CT molecular complexity index is 351. The number of fused-ring (bicyclic) bond motifs is 1. The molecule has 0 bridgehead atoms. The van der Waals surface area contributed by atoms with Gasteiger partial charge in [-0.15, -0.1) is 0 Å². The highest BCUT2D eigenvalue weighted by atomic mass is 16.5. The second-order valence-electron chi connectivity index (χ2n) is 4.47. The molecular formula is C13H20N2O2. The lowest BCUT2D eigenvalue weighted by Crippen LogP contribution is -2.36. The molecule has 0 saturated carbocycles. The molecule has 2 rings (SSSR count). The number of ether oxygens (including phenoxy) is 1. The Morgan fingerprint density at radius 2 is 2.53 bits per heavy atom. The molecule has 94 valence electrons. The average Bonchev–Trinajstić information content (AvgIpc) is 2.74. The van der Waals surface area contributed by atoms with Crippen LogP contribution in [0.4, 0.5) is 0 Å². The molecule has 4 nitrogen and oxygen atoms in total. The van der Waals surface area contributed by atoms with E-state index in [1.807, 2.05) is 12.3 Å². The molecule has 0 saturated heterocycles. The van der Waals surface area contributed by atoms with E-state index in [4.69, 9.17) is 9.84 Å². The van der Waals surface area contributed by atoms with Crippen molar-refractivity contribution in [2.45, 2.75) is 31.3 Å². The van der Waals surface area contributed by atoms with Crippen molar-refractivity contribution in [3.05, 3.63) is 29.6 Å². The van der Waals surface area contributed by atoms with Gasteiger partial charge < -0.3 is 15.2 Å². The maximum Gasteiger partial charge on any atom is 0.0616 e. The molecule has 0 radical (unpaired) electrons. The van der Waals surface area contributed by atoms with Gasteiger partial charge in [0.25, 0.3) is 0 Å². The Balaban J connectivity index is 1.99. The summed E-state index contributed by atoms with van der Waals surface area (Å²) in [7, 11) is 1.69. The molecular weight excluding hydrogens is 216 g/mol. The largest absolute Gasteiger partial charge is 0.396 e. The molecule has 2 unspecified atom stereocenters. The average molecular weight is 236 g/mol. The highest BCUT2D eigenvalue weighted by Crippen LogP contribution is 2.29. The lowest BCUT2D eigenvalue weighted by atomic mass is 10.1. The summed E-state index contributed by atoms with van der Waals surface area (Å²) >= 11 is 0. The zero-order chi connectivity index (χ0) is 12.1. The summed E-state index contributed by atoms with van der Waals surface area (Å²) in [5.74, 6) is 0. The van der Waals surface area contributed by atoms with Gasteiger partial charge in [-0.25, -0.2) is 0 Å². The molecule has 1 aromatic rings. The first-order chi connectivity index (χ1) is 8.35. The molecule has 0 spiro atoms. The fourth-order valence-electron chi connectivity index (χ4n) is 2.43. The Kier molecular flexibility index (Phi) is 4.48. The molecule has 1 aliphatic rings. The molecule has 17 heavy (non-hydrogen) atoms. The first-order valence-corrected chi connectivity index (χ1v) is 6.14. The van der Waals surface area contributed by atoms with Crippen molar-refractivity contribution >= 4 is 0 Å². The minimum atomic E-state index is 0.183. The predicted octanol–water partition coefficient (Wildman–Crippen LogP) is 1.06. The standard InChI is InChI=1S/C13H20N2O2/c1-17-9-11(6-8-16)15-12-5-4-10-3-2-7-14-13(10)12/h2-3,7,11-12,15-16H,4-6,8-9H2,1H3. The van der Waals surface area contributed by atoms with E-state index in [0.29, 0.717) is 19.1 Å². The van der Waals surface area contributed by atoms with E-state index in [2.05, 4.69) is 16.4 Å². The minimum Gasteiger partial charge on any atom is -0.396 e. The van der Waals surface area contributed by atoms with Crippen molar-refractivity contribution in [3.8, 4) is 0 Å². The van der Waals surface area contributed by atoms with Crippen molar-refractivity contribution in [1.29, 1.82) is 0 Å². The van der Waals surface area contributed by atoms with Crippen LogP contribution >= 0.6 is 0 Å². The van der Waals surface area contributed by atoms with Crippen molar-refractivity contribution in [3.63, 3.8) is 0 Å². The van der Waals surface area contributed by atoms with Crippen LogP contribution in [0.25, 0.3) is 0 Å². The van der Waals surface area contributed by atoms with Crippen molar-refractivity contribution in [2.75, 3.05) is 20.3 Å². The quantitative estimate of drug-likeness (QED) is 0.775. The third kappa shape index (κ3) is 3.03. The number of hydrogen-bond donors (Lipinski definition) is 2. The third-order valence-electron chi connectivity index (χ3n) is 3.24. The SMILES string of the molecule is COCC(CCO)NC1CCc2cccnc21. The zero-order valence-electron chi connectivity index (χ0n) is 10.2. The zero-order valence-corrected chi connectivity index (χ0v) is 10.2. The number of nitrogens with one attached hydrogen (secondary N) is 1. The van der Waals surface area contributed by atoms with Crippen molar-refractivity contribution in [1.82, 2.24) is 10.3 Å². The summed E-state index contributed by atoms with van der Waals surface area (Å²) in [6.45, 7) is 0.808. The number of aromatic nitrogens is 1. The molecule has 0 aromatic carbocycles. The maximum atomic E-state index is 9.02. The summed E-state index contributed by atoms with van der Waals surface area (Å²) in [5.41, 5.74) is 2.50. The molecule has 1 aliphatic carbocycles. The van der Waals surface area contributed by atoms with Crippen LogP contribution in [0.1, 0.15) is 30.1 Å². The fraction of sp³-hybridized carbons (Fsp3) is 0.615. The normalized spacial score (nSPS) is 20.2. The second-order valence-corrected chi connectivity index (χ2v) is 4.47. The summed E-state index contributed by atoms with van der Waals surface area (Å²) in [6, 6.07) is 4.63. The maximum absolute atomic E-state index is 9.02. The van der Waals surface area contributed by atoms with Crippen molar-refractivity contribution in [2.24, 2.45) is 0 Å². The summed E-state index contributed by atoms with van der Waals surface area (Å²) in [4.78, 5) is 4.45. The van der Waals surface area contributed by atoms with Gasteiger partial charge >= 0.3 is 0 Å². The number of hydrogen-bond acceptors (Lipinski definition) is 4. The van der Waals surface area contributed by atoms with Gasteiger partial charge in [-0.2, -0.15) is 0 Å². The molecule has 0 aliphatic heterocycles. The number of nitrogens with zero attached hydrogens (tertiary/aromatic N) is 1. The van der Waals surface area contributed by atoms with Crippen LogP contribution in [-0.4, -0.2) is 36.5 Å². The molecule has 1 aromatic heterocycles. The van der Waals surface area contributed by atoms with E-state index in [9.17, 15) is 0 Å². The van der Waals surface area contributed by atoms with Gasteiger partial charge in [0, 0.05) is 26.0 Å². The second kappa shape index (κ2) is 6.10. The Morgan fingerprint density at radius 3 is 3.29 bits per heavy atom. The van der Waals surface area contributed by atoms with E-state index in [-0.39, 0.29) is 12.6 Å². The Hall–Kier alpha value is -0.970. The lowest BCUT2D eigenvalue weighted by molar-refractivity contribution is 0.142. The van der Waals surface area contributed by atoms with Gasteiger partial charge in [-0.05, 0) is 30.9 Å². The smallest absolute Gasteiger partial charge is 0.0616 e. The van der Waals surface area contributed by atoms with Gasteiger partial charge in [0.2, 0.25) is 0 Å². The summed E-state index contributed by atoms with van der Waals surface area (Å²) in [5, 5.41) is 12.5. The number of aliphatic hydroxyl groups excluding tert-OH is 1. The first-order valence-electron chi connectivity index (χ1n) is 6.14. The Morgan fingerprint density at radius 1 is 1.65 bits per heavy atom. The molecule has 0 fully saturated rings.